The van der Waals surface area contributed by atoms with Crippen molar-refractivity contribution in [3.63, 3.8) is 0 Å². The molecule has 12 heteroatoms. The summed E-state index contributed by atoms with van der Waals surface area (Å²) in [6, 6.07) is 6.81. The molecule has 1 aliphatic carbocycles. The van der Waals surface area contributed by atoms with E-state index in [2.05, 4.69) is 10.6 Å². The maximum atomic E-state index is 14.1. The normalized spacial score (nSPS) is 16.8. The Balaban J connectivity index is 1.55. The van der Waals surface area contributed by atoms with Gasteiger partial charge in [0.25, 0.3) is 18.2 Å². The van der Waals surface area contributed by atoms with Crippen molar-refractivity contribution in [1.29, 1.82) is 0 Å². The van der Waals surface area contributed by atoms with Crippen molar-refractivity contribution in [3.8, 4) is 0 Å². The fraction of sp³-hybridized carbons (Fsp3) is 0.500. The molecule has 2 aliphatic rings. The van der Waals surface area contributed by atoms with E-state index < -0.39 is 18.4 Å². The Morgan fingerprint density at radius 2 is 2.00 bits per heavy atom. The third-order valence-electron chi connectivity index (χ3n) is 6.37. The number of ether oxygens (including phenoxy) is 1. The number of rotatable bonds is 11. The van der Waals surface area contributed by atoms with Gasteiger partial charge in [-0.25, -0.2) is 8.78 Å². The first kappa shape index (κ1) is 28.4. The van der Waals surface area contributed by atoms with Gasteiger partial charge < -0.3 is 20.3 Å². The predicted molar refractivity (Wildman–Crippen MR) is 143 cm³/mol. The van der Waals surface area contributed by atoms with E-state index in [0.717, 1.165) is 24.2 Å². The van der Waals surface area contributed by atoms with Crippen LogP contribution in [0, 0.1) is 5.92 Å². The van der Waals surface area contributed by atoms with Gasteiger partial charge in [-0.2, -0.15) is 0 Å². The van der Waals surface area contributed by atoms with E-state index in [1.165, 1.54) is 23.1 Å². The largest absolute Gasteiger partial charge is 0.370 e. The van der Waals surface area contributed by atoms with Crippen LogP contribution in [0.15, 0.2) is 30.3 Å². The second-order valence-corrected chi connectivity index (χ2v) is 11.5. The highest BCUT2D eigenvalue weighted by atomic mass is 35.5. The average molecular weight is 569 g/mol. The van der Waals surface area contributed by atoms with E-state index in [1.54, 1.807) is 12.1 Å². The molecule has 1 atom stereocenters. The number of carbonyl (C=O) groups is 3. The van der Waals surface area contributed by atoms with Gasteiger partial charge in [0, 0.05) is 42.6 Å². The summed E-state index contributed by atoms with van der Waals surface area (Å²) in [4.78, 5) is 42.3. The zero-order valence-corrected chi connectivity index (χ0v) is 22.8. The Morgan fingerprint density at radius 3 is 2.61 bits per heavy atom. The maximum absolute atomic E-state index is 14.1. The van der Waals surface area contributed by atoms with Crippen LogP contribution in [0.25, 0.3) is 0 Å². The van der Waals surface area contributed by atoms with Crippen molar-refractivity contribution in [1.82, 2.24) is 10.2 Å². The average Bonchev–Trinajstić information content (AvgIpc) is 3.63. The van der Waals surface area contributed by atoms with Gasteiger partial charge in [0.15, 0.2) is 0 Å². The summed E-state index contributed by atoms with van der Waals surface area (Å²) < 4.78 is 33.8. The number of thiophene rings is 1. The number of alkyl halides is 2. The lowest BCUT2D eigenvalue weighted by atomic mass is 10.1. The van der Waals surface area contributed by atoms with Crippen molar-refractivity contribution in [2.45, 2.75) is 45.2 Å². The van der Waals surface area contributed by atoms with Crippen LogP contribution in [0.2, 0.25) is 4.34 Å². The molecule has 1 aliphatic heterocycles. The monoisotopic (exact) mass is 568 g/mol. The molecule has 1 saturated heterocycles. The Bertz CT molecular complexity index is 1170. The zero-order valence-electron chi connectivity index (χ0n) is 21.2. The maximum Gasteiger partial charge on any atom is 0.265 e. The van der Waals surface area contributed by atoms with Gasteiger partial charge in [-0.3, -0.25) is 19.3 Å². The summed E-state index contributed by atoms with van der Waals surface area (Å²) in [6.45, 7) is 5.16. The molecule has 0 bridgehead atoms. The molecule has 206 valence electrons. The van der Waals surface area contributed by atoms with Crippen molar-refractivity contribution in [2.75, 3.05) is 43.1 Å². The van der Waals surface area contributed by atoms with Gasteiger partial charge in [-0.05, 0) is 49.1 Å². The molecule has 1 aromatic carbocycles. The molecule has 2 heterocycles. The smallest absolute Gasteiger partial charge is 0.265 e. The first-order valence-electron chi connectivity index (χ1n) is 12.5. The molecule has 1 saturated carbocycles. The molecule has 0 unspecified atom stereocenters. The van der Waals surface area contributed by atoms with Crippen LogP contribution in [0.3, 0.4) is 0 Å². The summed E-state index contributed by atoms with van der Waals surface area (Å²) in [5, 5.41) is 5.49. The fourth-order valence-corrected chi connectivity index (χ4v) is 5.41. The fourth-order valence-electron chi connectivity index (χ4n) is 4.45. The zero-order chi connectivity index (χ0) is 27.4. The highest BCUT2D eigenvalue weighted by Gasteiger charge is 2.38. The lowest BCUT2D eigenvalue weighted by Crippen LogP contribution is -2.52. The Hall–Kier alpha value is -2.60. The summed E-state index contributed by atoms with van der Waals surface area (Å²) in [6.07, 6.45) is -1.02. The van der Waals surface area contributed by atoms with E-state index >= 15 is 0 Å². The molecule has 0 spiro atoms. The molecule has 4 rings (SSSR count). The number of amides is 3. The van der Waals surface area contributed by atoms with Gasteiger partial charge in [-0.15, -0.1) is 11.3 Å². The molecule has 2 fully saturated rings. The van der Waals surface area contributed by atoms with E-state index in [9.17, 15) is 23.2 Å². The van der Waals surface area contributed by atoms with Crippen LogP contribution < -0.4 is 15.5 Å². The van der Waals surface area contributed by atoms with E-state index in [4.69, 9.17) is 16.3 Å². The number of hydrogen-bond donors (Lipinski definition) is 2. The van der Waals surface area contributed by atoms with Gasteiger partial charge in [0.2, 0.25) is 5.91 Å². The minimum atomic E-state index is -2.88. The summed E-state index contributed by atoms with van der Waals surface area (Å²) >= 11 is 7.09. The summed E-state index contributed by atoms with van der Waals surface area (Å²) in [5.41, 5.74) is -0.0893. The third kappa shape index (κ3) is 7.07. The second-order valence-electron chi connectivity index (χ2n) is 9.81. The quantitative estimate of drug-likeness (QED) is 0.415. The standard InChI is InChI=1S/C26H31ClF2N4O4S/c1-15(2)13-33(16-3-4-16)20(12-30-26(36)21-7-8-22(27)38-21)25(35)31-19-6-5-17(11-18(19)24(28)29)32-9-10-37-14-23(32)34/h5-8,11,15-16,20,24H,3-4,9-10,12-14H2,1-2H3,(H,30,36)(H,31,35)/t20-/m0/s1. The number of benzene rings is 1. The van der Waals surface area contributed by atoms with Crippen LogP contribution in [0.1, 0.15) is 48.3 Å². The summed E-state index contributed by atoms with van der Waals surface area (Å²) in [5.74, 6) is -0.906. The number of nitrogens with one attached hydrogen (secondary N) is 2. The summed E-state index contributed by atoms with van der Waals surface area (Å²) in [7, 11) is 0. The van der Waals surface area contributed by atoms with Crippen LogP contribution in [0.5, 0.6) is 0 Å². The Kier molecular flexibility index (Phi) is 9.35. The first-order valence-corrected chi connectivity index (χ1v) is 13.7. The number of carbonyl (C=O) groups excluding carboxylic acids is 3. The Morgan fingerprint density at radius 1 is 1.24 bits per heavy atom. The number of morpholine rings is 1. The minimum Gasteiger partial charge on any atom is -0.370 e. The molecule has 0 radical (unpaired) electrons. The SMILES string of the molecule is CC(C)CN(C1CC1)[C@@H](CNC(=O)c1ccc(Cl)s1)C(=O)Nc1ccc(N2CCOCC2=O)cc1C(F)F. The van der Waals surface area contributed by atoms with Crippen LogP contribution >= 0.6 is 22.9 Å². The predicted octanol–water partition coefficient (Wildman–Crippen LogP) is 4.56. The van der Waals surface area contributed by atoms with Crippen LogP contribution in [0.4, 0.5) is 20.2 Å². The third-order valence-corrected chi connectivity index (χ3v) is 7.60. The van der Waals surface area contributed by atoms with Crippen molar-refractivity contribution in [2.24, 2.45) is 5.92 Å². The van der Waals surface area contributed by atoms with E-state index in [1.807, 2.05) is 18.7 Å². The molecular formula is C26H31ClF2N4O4S. The van der Waals surface area contributed by atoms with Crippen molar-refractivity contribution < 1.29 is 27.9 Å². The Labute approximate surface area is 229 Å². The van der Waals surface area contributed by atoms with Gasteiger partial charge in [-0.1, -0.05) is 25.4 Å². The molecule has 8 nitrogen and oxygen atoms in total. The minimum absolute atomic E-state index is 0.00772. The van der Waals surface area contributed by atoms with E-state index in [-0.39, 0.29) is 54.7 Å². The molecule has 1 aromatic heterocycles. The van der Waals surface area contributed by atoms with E-state index in [0.29, 0.717) is 28.1 Å². The topological polar surface area (TPSA) is 91.0 Å². The lowest BCUT2D eigenvalue weighted by Gasteiger charge is -2.32. The highest BCUT2D eigenvalue weighted by Crippen LogP contribution is 2.33. The number of nitrogens with zero attached hydrogens (tertiary/aromatic N) is 2. The number of anilines is 2. The van der Waals surface area contributed by atoms with Gasteiger partial charge in [0.05, 0.1) is 15.8 Å². The van der Waals surface area contributed by atoms with Crippen LogP contribution in [-0.4, -0.2) is 67.6 Å². The van der Waals surface area contributed by atoms with Crippen molar-refractivity contribution >= 4 is 52.0 Å². The molecular weight excluding hydrogens is 538 g/mol. The molecule has 2 aromatic rings. The van der Waals surface area contributed by atoms with Crippen LogP contribution in [-0.2, 0) is 14.3 Å². The molecule has 3 amide bonds. The molecule has 2 N–H and O–H groups in total. The molecule has 38 heavy (non-hydrogen) atoms. The second kappa shape index (κ2) is 12.5. The lowest BCUT2D eigenvalue weighted by molar-refractivity contribution is -0.125. The number of halogens is 3. The highest BCUT2D eigenvalue weighted by molar-refractivity contribution is 7.18. The van der Waals surface area contributed by atoms with Crippen molar-refractivity contribution in [3.05, 3.63) is 45.1 Å². The number of hydrogen-bond acceptors (Lipinski definition) is 6. The van der Waals surface area contributed by atoms with Gasteiger partial charge >= 0.3 is 0 Å². The first-order chi connectivity index (χ1) is 18.1. The van der Waals surface area contributed by atoms with Gasteiger partial charge in [0.1, 0.15) is 12.6 Å².